The highest BCUT2D eigenvalue weighted by molar-refractivity contribution is 7.99. The summed E-state index contributed by atoms with van der Waals surface area (Å²) in [6, 6.07) is 7.35. The predicted molar refractivity (Wildman–Crippen MR) is 89.3 cm³/mol. The minimum Gasteiger partial charge on any atom is -0.327 e. The van der Waals surface area contributed by atoms with E-state index in [9.17, 15) is 9.59 Å². The number of anilines is 2. The van der Waals surface area contributed by atoms with Crippen molar-refractivity contribution in [3.05, 3.63) is 24.3 Å². The van der Waals surface area contributed by atoms with Gasteiger partial charge >= 0.3 is 6.03 Å². The zero-order valence-corrected chi connectivity index (χ0v) is 13.4. The average molecular weight is 320 g/mol. The summed E-state index contributed by atoms with van der Waals surface area (Å²) in [7, 11) is 1.82. The molecule has 6 nitrogen and oxygen atoms in total. The number of carbonyl (C=O) groups excluding carboxylic acids is 2. The molecule has 7 heteroatoms. The summed E-state index contributed by atoms with van der Waals surface area (Å²) in [4.78, 5) is 27.7. The van der Waals surface area contributed by atoms with Crippen LogP contribution in [-0.2, 0) is 4.79 Å². The largest absolute Gasteiger partial charge is 0.327 e. The molecule has 1 unspecified atom stereocenters. The van der Waals surface area contributed by atoms with Crippen molar-refractivity contribution in [2.75, 3.05) is 42.0 Å². The molecule has 0 aromatic heterocycles. The van der Waals surface area contributed by atoms with Gasteiger partial charge in [0.15, 0.2) is 0 Å². The Bertz CT molecular complexity index is 557. The second kappa shape index (κ2) is 6.58. The number of rotatable bonds is 3. The van der Waals surface area contributed by atoms with E-state index in [0.717, 1.165) is 42.5 Å². The molecular formula is C15H20N4O2S. The average Bonchev–Trinajstić information content (AvgIpc) is 3.05. The quantitative estimate of drug-likeness (QED) is 0.887. The third-order valence-electron chi connectivity index (χ3n) is 3.91. The highest BCUT2D eigenvalue weighted by Gasteiger charge is 2.24. The minimum absolute atomic E-state index is 0.00784. The maximum absolute atomic E-state index is 12.1. The van der Waals surface area contributed by atoms with Crippen molar-refractivity contribution in [2.45, 2.75) is 12.5 Å². The molecule has 1 aromatic rings. The topological polar surface area (TPSA) is 64.7 Å². The molecule has 22 heavy (non-hydrogen) atoms. The van der Waals surface area contributed by atoms with Gasteiger partial charge in [0.1, 0.15) is 0 Å². The van der Waals surface area contributed by atoms with E-state index in [-0.39, 0.29) is 18.0 Å². The summed E-state index contributed by atoms with van der Waals surface area (Å²) >= 11 is 1.72. The van der Waals surface area contributed by atoms with Gasteiger partial charge < -0.3 is 10.2 Å². The first-order chi connectivity index (χ1) is 10.6. The van der Waals surface area contributed by atoms with Crippen LogP contribution < -0.4 is 15.5 Å². The number of hydrogen-bond donors (Lipinski definition) is 2. The SMILES string of the molecule is CN1CCCN(c2ccc(NC(=O)C3CSCN3)cc2)C1=O. The van der Waals surface area contributed by atoms with Gasteiger partial charge in [-0.1, -0.05) is 0 Å². The first-order valence-electron chi connectivity index (χ1n) is 7.40. The number of amides is 3. The summed E-state index contributed by atoms with van der Waals surface area (Å²) in [5.74, 6) is 1.62. The molecule has 2 heterocycles. The Hall–Kier alpha value is -1.73. The fraction of sp³-hybridized carbons (Fsp3) is 0.467. The number of carbonyl (C=O) groups is 2. The molecule has 0 bridgehead atoms. The molecule has 2 N–H and O–H groups in total. The van der Waals surface area contributed by atoms with Crippen molar-refractivity contribution in [3.8, 4) is 0 Å². The number of benzene rings is 1. The molecule has 2 fully saturated rings. The molecule has 0 radical (unpaired) electrons. The van der Waals surface area contributed by atoms with E-state index in [1.807, 2.05) is 31.3 Å². The van der Waals surface area contributed by atoms with Crippen LogP contribution in [-0.4, -0.2) is 54.6 Å². The summed E-state index contributed by atoms with van der Waals surface area (Å²) in [6.07, 6.45) is 0.964. The van der Waals surface area contributed by atoms with Crippen LogP contribution in [0.4, 0.5) is 16.2 Å². The molecular weight excluding hydrogens is 300 g/mol. The normalized spacial score (nSPS) is 22.0. The molecule has 3 amide bonds. The van der Waals surface area contributed by atoms with Crippen LogP contribution in [0, 0.1) is 0 Å². The van der Waals surface area contributed by atoms with Gasteiger partial charge in [0, 0.05) is 43.1 Å². The van der Waals surface area contributed by atoms with Gasteiger partial charge in [-0.3, -0.25) is 15.0 Å². The Morgan fingerprint density at radius 3 is 2.77 bits per heavy atom. The molecule has 0 aliphatic carbocycles. The number of hydrogen-bond acceptors (Lipinski definition) is 4. The molecule has 0 spiro atoms. The van der Waals surface area contributed by atoms with Gasteiger partial charge in [0.25, 0.3) is 0 Å². The maximum atomic E-state index is 12.1. The Balaban J connectivity index is 1.64. The van der Waals surface area contributed by atoms with Gasteiger partial charge in [-0.05, 0) is 30.7 Å². The minimum atomic E-state index is -0.123. The van der Waals surface area contributed by atoms with Crippen LogP contribution in [0.3, 0.4) is 0 Å². The second-order valence-electron chi connectivity index (χ2n) is 5.52. The van der Waals surface area contributed by atoms with Gasteiger partial charge in [-0.15, -0.1) is 11.8 Å². The smallest absolute Gasteiger partial charge is 0.324 e. The van der Waals surface area contributed by atoms with Gasteiger partial charge in [-0.25, -0.2) is 4.79 Å². The molecule has 2 aliphatic rings. The monoisotopic (exact) mass is 320 g/mol. The summed E-state index contributed by atoms with van der Waals surface area (Å²) in [6.45, 7) is 1.54. The summed E-state index contributed by atoms with van der Waals surface area (Å²) in [5.41, 5.74) is 1.62. The van der Waals surface area contributed by atoms with Crippen molar-refractivity contribution >= 4 is 35.1 Å². The van der Waals surface area contributed by atoms with E-state index in [2.05, 4.69) is 10.6 Å². The van der Waals surface area contributed by atoms with E-state index in [1.165, 1.54) is 0 Å². The second-order valence-corrected chi connectivity index (χ2v) is 6.55. The molecule has 3 rings (SSSR count). The van der Waals surface area contributed by atoms with Crippen molar-refractivity contribution in [3.63, 3.8) is 0 Å². The van der Waals surface area contributed by atoms with E-state index in [4.69, 9.17) is 0 Å². The molecule has 2 saturated heterocycles. The Kier molecular flexibility index (Phi) is 4.54. The first kappa shape index (κ1) is 15.2. The van der Waals surface area contributed by atoms with Crippen molar-refractivity contribution in [1.82, 2.24) is 10.2 Å². The van der Waals surface area contributed by atoms with Crippen molar-refractivity contribution < 1.29 is 9.59 Å². The van der Waals surface area contributed by atoms with Gasteiger partial charge in [0.2, 0.25) is 5.91 Å². The zero-order chi connectivity index (χ0) is 15.5. The summed E-state index contributed by atoms with van der Waals surface area (Å²) < 4.78 is 0. The highest BCUT2D eigenvalue weighted by atomic mass is 32.2. The Morgan fingerprint density at radius 1 is 1.32 bits per heavy atom. The molecule has 1 aromatic carbocycles. The fourth-order valence-corrected chi connectivity index (χ4v) is 3.56. The lowest BCUT2D eigenvalue weighted by Gasteiger charge is -2.33. The van der Waals surface area contributed by atoms with Crippen LogP contribution in [0.15, 0.2) is 24.3 Å². The fourth-order valence-electron chi connectivity index (χ4n) is 2.62. The third-order valence-corrected chi connectivity index (χ3v) is 4.85. The van der Waals surface area contributed by atoms with E-state index >= 15 is 0 Å². The number of urea groups is 1. The number of nitrogens with one attached hydrogen (secondary N) is 2. The Morgan fingerprint density at radius 2 is 2.09 bits per heavy atom. The van der Waals surface area contributed by atoms with Gasteiger partial charge in [-0.2, -0.15) is 0 Å². The number of thioether (sulfide) groups is 1. The molecule has 118 valence electrons. The Labute approximate surface area is 134 Å². The third kappa shape index (κ3) is 3.20. The maximum Gasteiger partial charge on any atom is 0.324 e. The standard InChI is InChI=1S/C15H20N4O2S/c1-18-7-2-8-19(15(18)21)12-5-3-11(4-6-12)17-14(20)13-9-22-10-16-13/h3-6,13,16H,2,7-10H2,1H3,(H,17,20). The number of nitrogens with zero attached hydrogens (tertiary/aromatic N) is 2. The van der Waals surface area contributed by atoms with Crippen LogP contribution in [0.25, 0.3) is 0 Å². The van der Waals surface area contributed by atoms with Crippen LogP contribution >= 0.6 is 11.8 Å². The zero-order valence-electron chi connectivity index (χ0n) is 12.5. The van der Waals surface area contributed by atoms with Crippen LogP contribution in [0.1, 0.15) is 6.42 Å². The predicted octanol–water partition coefficient (Wildman–Crippen LogP) is 1.55. The van der Waals surface area contributed by atoms with E-state index < -0.39 is 0 Å². The van der Waals surface area contributed by atoms with E-state index in [1.54, 1.807) is 21.6 Å². The van der Waals surface area contributed by atoms with Crippen molar-refractivity contribution in [1.29, 1.82) is 0 Å². The molecule has 0 saturated carbocycles. The highest BCUT2D eigenvalue weighted by Crippen LogP contribution is 2.22. The lowest BCUT2D eigenvalue weighted by atomic mass is 10.2. The summed E-state index contributed by atoms with van der Waals surface area (Å²) in [5, 5.41) is 6.05. The lowest BCUT2D eigenvalue weighted by molar-refractivity contribution is -0.117. The molecule has 1 atom stereocenters. The van der Waals surface area contributed by atoms with Crippen LogP contribution in [0.2, 0.25) is 0 Å². The van der Waals surface area contributed by atoms with Crippen LogP contribution in [0.5, 0.6) is 0 Å². The van der Waals surface area contributed by atoms with Crippen molar-refractivity contribution in [2.24, 2.45) is 0 Å². The van der Waals surface area contributed by atoms with E-state index in [0.29, 0.717) is 0 Å². The first-order valence-corrected chi connectivity index (χ1v) is 8.55. The lowest BCUT2D eigenvalue weighted by Crippen LogP contribution is -2.47. The van der Waals surface area contributed by atoms with Gasteiger partial charge in [0.05, 0.1) is 6.04 Å². The molecule has 2 aliphatic heterocycles.